The lowest BCUT2D eigenvalue weighted by Crippen LogP contribution is -2.37. The molecule has 1 amide bonds. The summed E-state index contributed by atoms with van der Waals surface area (Å²) in [5.41, 5.74) is 0.411. The number of nitrogens with one attached hydrogen (secondary N) is 1. The lowest BCUT2D eigenvalue weighted by Gasteiger charge is -2.23. The highest BCUT2D eigenvalue weighted by Crippen LogP contribution is 2.19. The van der Waals surface area contributed by atoms with E-state index in [1.807, 2.05) is 48.5 Å². The zero-order chi connectivity index (χ0) is 16.0. The fraction of sp³-hybridized carbons (Fsp3) is 0.167. The van der Waals surface area contributed by atoms with Gasteiger partial charge in [0.25, 0.3) is 0 Å². The Morgan fingerprint density at radius 2 is 1.82 bits per heavy atom. The van der Waals surface area contributed by atoms with Crippen molar-refractivity contribution in [1.82, 2.24) is 5.32 Å². The number of rotatable bonds is 5. The van der Waals surface area contributed by atoms with E-state index < -0.39 is 5.60 Å². The standard InChI is InChI=1S/C18H18ClNO2/c1-18(22,15-8-3-2-4-9-15)13-20-17(21)12-11-14-7-5-6-10-16(14)19/h2-12,22H,13H2,1H3,(H,20,21)/b12-11+. The Labute approximate surface area is 135 Å². The monoisotopic (exact) mass is 315 g/mol. The number of halogens is 1. The van der Waals surface area contributed by atoms with E-state index in [4.69, 9.17) is 11.6 Å². The molecule has 0 aromatic heterocycles. The molecule has 2 N–H and O–H groups in total. The number of carbonyl (C=O) groups excluding carboxylic acids is 1. The van der Waals surface area contributed by atoms with Crippen LogP contribution in [0.5, 0.6) is 0 Å². The lowest BCUT2D eigenvalue weighted by atomic mass is 9.96. The summed E-state index contributed by atoms with van der Waals surface area (Å²) in [6.07, 6.45) is 3.05. The Bertz CT molecular complexity index is 666. The molecule has 0 radical (unpaired) electrons. The number of amides is 1. The molecule has 0 saturated carbocycles. The van der Waals surface area contributed by atoms with E-state index in [0.29, 0.717) is 5.02 Å². The fourth-order valence-corrected chi connectivity index (χ4v) is 2.19. The molecule has 2 aromatic rings. The van der Waals surface area contributed by atoms with Crippen LogP contribution in [-0.2, 0) is 10.4 Å². The van der Waals surface area contributed by atoms with Crippen LogP contribution >= 0.6 is 11.6 Å². The number of aliphatic hydroxyl groups is 1. The Balaban J connectivity index is 1.94. The third-order valence-corrected chi connectivity index (χ3v) is 3.67. The van der Waals surface area contributed by atoms with Crippen LogP contribution in [0.3, 0.4) is 0 Å². The summed E-state index contributed by atoms with van der Waals surface area (Å²) in [6, 6.07) is 16.5. The van der Waals surface area contributed by atoms with E-state index in [9.17, 15) is 9.90 Å². The molecule has 2 aromatic carbocycles. The highest BCUT2D eigenvalue weighted by molar-refractivity contribution is 6.32. The van der Waals surface area contributed by atoms with Gasteiger partial charge in [-0.2, -0.15) is 0 Å². The number of hydrogen-bond donors (Lipinski definition) is 2. The zero-order valence-electron chi connectivity index (χ0n) is 12.3. The van der Waals surface area contributed by atoms with E-state index in [1.165, 1.54) is 6.08 Å². The predicted octanol–water partition coefficient (Wildman–Crippen LogP) is 3.38. The van der Waals surface area contributed by atoms with Gasteiger partial charge < -0.3 is 10.4 Å². The van der Waals surface area contributed by atoms with Crippen molar-refractivity contribution in [1.29, 1.82) is 0 Å². The molecule has 114 valence electrons. The molecular formula is C18H18ClNO2. The Morgan fingerprint density at radius 3 is 2.50 bits per heavy atom. The second-order valence-electron chi connectivity index (χ2n) is 5.21. The lowest BCUT2D eigenvalue weighted by molar-refractivity contribution is -0.117. The summed E-state index contributed by atoms with van der Waals surface area (Å²) in [4.78, 5) is 11.9. The average molecular weight is 316 g/mol. The van der Waals surface area contributed by atoms with Crippen molar-refractivity contribution in [3.05, 3.63) is 76.8 Å². The quantitative estimate of drug-likeness (QED) is 0.831. The SMILES string of the molecule is CC(O)(CNC(=O)/C=C/c1ccccc1Cl)c1ccccc1. The van der Waals surface area contributed by atoms with Crippen molar-refractivity contribution in [3.8, 4) is 0 Å². The van der Waals surface area contributed by atoms with Crippen LogP contribution in [0.25, 0.3) is 6.08 Å². The van der Waals surface area contributed by atoms with Gasteiger partial charge in [0.2, 0.25) is 5.91 Å². The Hall–Kier alpha value is -2.10. The third kappa shape index (κ3) is 4.45. The van der Waals surface area contributed by atoms with Crippen molar-refractivity contribution >= 4 is 23.6 Å². The molecule has 1 unspecified atom stereocenters. The molecule has 0 aliphatic carbocycles. The second kappa shape index (κ2) is 7.25. The van der Waals surface area contributed by atoms with Gasteiger partial charge in [-0.1, -0.05) is 60.1 Å². The summed E-state index contributed by atoms with van der Waals surface area (Å²) in [7, 11) is 0. The molecule has 2 rings (SSSR count). The smallest absolute Gasteiger partial charge is 0.244 e. The minimum absolute atomic E-state index is 0.128. The maximum atomic E-state index is 11.9. The van der Waals surface area contributed by atoms with Crippen molar-refractivity contribution in [2.45, 2.75) is 12.5 Å². The molecule has 0 fully saturated rings. The molecular weight excluding hydrogens is 298 g/mol. The van der Waals surface area contributed by atoms with Gasteiger partial charge in [-0.05, 0) is 30.2 Å². The molecule has 1 atom stereocenters. The van der Waals surface area contributed by atoms with E-state index in [-0.39, 0.29) is 12.5 Å². The molecule has 22 heavy (non-hydrogen) atoms. The first-order chi connectivity index (χ1) is 10.5. The van der Waals surface area contributed by atoms with Crippen molar-refractivity contribution < 1.29 is 9.90 Å². The van der Waals surface area contributed by atoms with E-state index in [0.717, 1.165) is 11.1 Å². The van der Waals surface area contributed by atoms with Gasteiger partial charge in [0, 0.05) is 11.1 Å². The van der Waals surface area contributed by atoms with Gasteiger partial charge in [0.15, 0.2) is 0 Å². The largest absolute Gasteiger partial charge is 0.384 e. The van der Waals surface area contributed by atoms with E-state index in [1.54, 1.807) is 19.1 Å². The van der Waals surface area contributed by atoms with Crippen LogP contribution in [0.15, 0.2) is 60.7 Å². The first-order valence-electron chi connectivity index (χ1n) is 6.97. The Kier molecular flexibility index (Phi) is 5.36. The molecule has 0 aliphatic heterocycles. The third-order valence-electron chi connectivity index (χ3n) is 3.32. The fourth-order valence-electron chi connectivity index (χ4n) is 1.99. The summed E-state index contributed by atoms with van der Waals surface area (Å²) in [5, 5.41) is 13.7. The van der Waals surface area contributed by atoms with Crippen molar-refractivity contribution in [2.24, 2.45) is 0 Å². The van der Waals surface area contributed by atoms with Crippen LogP contribution in [-0.4, -0.2) is 17.6 Å². The summed E-state index contributed by atoms with van der Waals surface area (Å²) in [6.45, 7) is 1.79. The highest BCUT2D eigenvalue weighted by Gasteiger charge is 2.22. The molecule has 0 saturated heterocycles. The van der Waals surface area contributed by atoms with Crippen LogP contribution in [0.1, 0.15) is 18.1 Å². The number of carbonyl (C=O) groups is 1. The summed E-state index contributed by atoms with van der Waals surface area (Å²) < 4.78 is 0. The minimum atomic E-state index is -1.12. The van der Waals surface area contributed by atoms with Crippen LogP contribution in [0, 0.1) is 0 Å². The predicted molar refractivity (Wildman–Crippen MR) is 89.5 cm³/mol. The van der Waals surface area contributed by atoms with Crippen molar-refractivity contribution in [2.75, 3.05) is 6.54 Å². The van der Waals surface area contributed by atoms with Crippen LogP contribution in [0.4, 0.5) is 0 Å². The van der Waals surface area contributed by atoms with Gasteiger partial charge in [0.1, 0.15) is 5.60 Å². The highest BCUT2D eigenvalue weighted by atomic mass is 35.5. The van der Waals surface area contributed by atoms with E-state index in [2.05, 4.69) is 5.32 Å². The van der Waals surface area contributed by atoms with Crippen LogP contribution < -0.4 is 5.32 Å². The summed E-state index contributed by atoms with van der Waals surface area (Å²) in [5.74, 6) is -0.281. The molecule has 0 bridgehead atoms. The van der Waals surface area contributed by atoms with Gasteiger partial charge in [-0.3, -0.25) is 4.79 Å². The normalized spacial score (nSPS) is 13.8. The average Bonchev–Trinajstić information content (AvgIpc) is 2.53. The van der Waals surface area contributed by atoms with Gasteiger partial charge in [-0.25, -0.2) is 0 Å². The summed E-state index contributed by atoms with van der Waals surface area (Å²) >= 11 is 6.01. The molecule has 0 spiro atoms. The van der Waals surface area contributed by atoms with Gasteiger partial charge >= 0.3 is 0 Å². The van der Waals surface area contributed by atoms with Gasteiger partial charge in [-0.15, -0.1) is 0 Å². The maximum Gasteiger partial charge on any atom is 0.244 e. The molecule has 0 aliphatic rings. The minimum Gasteiger partial charge on any atom is -0.384 e. The zero-order valence-corrected chi connectivity index (χ0v) is 13.0. The maximum absolute atomic E-state index is 11.9. The first-order valence-corrected chi connectivity index (χ1v) is 7.35. The first kappa shape index (κ1) is 16.3. The van der Waals surface area contributed by atoms with Crippen molar-refractivity contribution in [3.63, 3.8) is 0 Å². The molecule has 0 heterocycles. The molecule has 3 nitrogen and oxygen atoms in total. The Morgan fingerprint density at radius 1 is 1.18 bits per heavy atom. The van der Waals surface area contributed by atoms with Crippen LogP contribution in [0.2, 0.25) is 5.02 Å². The second-order valence-corrected chi connectivity index (χ2v) is 5.62. The van der Waals surface area contributed by atoms with E-state index >= 15 is 0 Å². The number of benzene rings is 2. The topological polar surface area (TPSA) is 49.3 Å². The number of hydrogen-bond acceptors (Lipinski definition) is 2. The molecule has 4 heteroatoms. The van der Waals surface area contributed by atoms with Gasteiger partial charge in [0.05, 0.1) is 6.54 Å².